The first-order valence-corrected chi connectivity index (χ1v) is 10.7. The molecule has 0 bridgehead atoms. The second kappa shape index (κ2) is 9.35. The van der Waals surface area contributed by atoms with Crippen LogP contribution >= 0.6 is 0 Å². The molecule has 3 aromatic rings. The molecule has 2 unspecified atom stereocenters. The summed E-state index contributed by atoms with van der Waals surface area (Å²) in [4.78, 5) is 22.8. The summed E-state index contributed by atoms with van der Waals surface area (Å²) in [6, 6.07) is 2.41. The lowest BCUT2D eigenvalue weighted by Crippen LogP contribution is -2.57. The predicted octanol–water partition coefficient (Wildman–Crippen LogP) is 3.42. The van der Waals surface area contributed by atoms with E-state index in [4.69, 9.17) is 0 Å². The van der Waals surface area contributed by atoms with Crippen molar-refractivity contribution in [2.24, 2.45) is 13.0 Å². The van der Waals surface area contributed by atoms with Gasteiger partial charge in [-0.05, 0) is 29.3 Å². The summed E-state index contributed by atoms with van der Waals surface area (Å²) in [6.07, 6.45) is -3.97. The van der Waals surface area contributed by atoms with Crippen LogP contribution in [0.2, 0.25) is 0 Å². The fraction of sp³-hybridized carbons (Fsp3) is 0.429. The predicted molar refractivity (Wildman–Crippen MR) is 113 cm³/mol. The van der Waals surface area contributed by atoms with Gasteiger partial charge in [0.2, 0.25) is 11.8 Å². The lowest BCUT2D eigenvalue weighted by molar-refractivity contribution is -0.138. The molecule has 2 atom stereocenters. The van der Waals surface area contributed by atoms with Crippen molar-refractivity contribution in [3.05, 3.63) is 47.5 Å². The molecule has 0 radical (unpaired) electrons. The van der Waals surface area contributed by atoms with E-state index < -0.39 is 54.3 Å². The molecule has 4 rings (SSSR count). The first-order chi connectivity index (χ1) is 16.8. The molecule has 0 spiro atoms. The normalized spacial score (nSPS) is 19.8. The monoisotopic (exact) mass is 514 g/mol. The highest BCUT2D eigenvalue weighted by Gasteiger charge is 2.46. The Kier molecular flexibility index (Phi) is 6.58. The molecule has 1 amide bonds. The lowest BCUT2D eigenvalue weighted by Gasteiger charge is -2.43. The number of hydrogen-bond acceptors (Lipinski definition) is 7. The van der Waals surface area contributed by atoms with Crippen LogP contribution in [0.4, 0.5) is 32.3 Å². The Labute approximate surface area is 200 Å². The minimum atomic E-state index is -4.62. The minimum Gasteiger partial charge on any atom is -0.352 e. The van der Waals surface area contributed by atoms with Gasteiger partial charge >= 0.3 is 6.18 Å². The summed E-state index contributed by atoms with van der Waals surface area (Å²) in [5.74, 6) is -5.76. The first kappa shape index (κ1) is 25.3. The Morgan fingerprint density at radius 2 is 1.92 bits per heavy atom. The number of halogens is 6. The van der Waals surface area contributed by atoms with Crippen molar-refractivity contribution in [1.29, 1.82) is 0 Å². The molecule has 0 aliphatic carbocycles. The number of nitrogens with zero attached hydrogens (tertiary/aromatic N) is 7. The number of likely N-dealkylation sites (tertiary alicyclic amines) is 1. The van der Waals surface area contributed by atoms with Crippen molar-refractivity contribution in [3.63, 3.8) is 0 Å². The van der Waals surface area contributed by atoms with E-state index in [1.165, 1.54) is 20.0 Å². The van der Waals surface area contributed by atoms with Gasteiger partial charge in [0.15, 0.2) is 0 Å². The number of alkyl halides is 5. The number of tetrazole rings is 1. The summed E-state index contributed by atoms with van der Waals surface area (Å²) >= 11 is 0. The topological polar surface area (TPSA) is 102 Å². The first-order valence-electron chi connectivity index (χ1n) is 10.7. The van der Waals surface area contributed by atoms with E-state index in [1.54, 1.807) is 0 Å². The van der Waals surface area contributed by atoms with Crippen LogP contribution in [0.5, 0.6) is 0 Å². The number of hydrogen-bond donors (Lipinski definition) is 1. The Hall–Kier alpha value is -3.78. The van der Waals surface area contributed by atoms with Crippen molar-refractivity contribution in [2.45, 2.75) is 31.5 Å². The lowest BCUT2D eigenvalue weighted by atomic mass is 9.87. The summed E-state index contributed by atoms with van der Waals surface area (Å²) in [5.41, 5.74) is -1.18. The van der Waals surface area contributed by atoms with Crippen molar-refractivity contribution < 1.29 is 31.1 Å². The fourth-order valence-electron chi connectivity index (χ4n) is 4.08. The number of nitrogens with one attached hydrogen (secondary N) is 1. The Bertz CT molecular complexity index is 1250. The minimum absolute atomic E-state index is 0.00509. The number of carbonyl (C=O) groups is 1. The number of benzene rings is 1. The molecule has 1 aliphatic rings. The highest BCUT2D eigenvalue weighted by atomic mass is 19.4. The number of aryl methyl sites for hydroxylation is 1. The number of piperidine rings is 1. The number of carbonyl (C=O) groups excluding carboxylic acids is 1. The molecule has 1 N–H and O–H groups in total. The van der Waals surface area contributed by atoms with E-state index in [2.05, 4.69) is 30.7 Å². The van der Waals surface area contributed by atoms with Crippen molar-refractivity contribution >= 4 is 11.9 Å². The van der Waals surface area contributed by atoms with E-state index in [0.717, 1.165) is 21.8 Å². The van der Waals surface area contributed by atoms with Crippen LogP contribution in [0, 0.1) is 11.7 Å². The molecule has 1 aliphatic heterocycles. The molecule has 3 heterocycles. The Balaban J connectivity index is 1.63. The molecule has 1 aromatic carbocycles. The molecular formula is C21H20F6N8O. The number of rotatable bonds is 5. The van der Waals surface area contributed by atoms with Crippen molar-refractivity contribution in [1.82, 2.24) is 35.1 Å². The summed E-state index contributed by atoms with van der Waals surface area (Å²) in [5, 5.41) is 14.2. The number of aromatic nitrogens is 6. The van der Waals surface area contributed by atoms with Gasteiger partial charge in [-0.15, -0.1) is 10.2 Å². The molecule has 36 heavy (non-hydrogen) atoms. The van der Waals surface area contributed by atoms with Crippen molar-refractivity contribution in [3.8, 4) is 11.4 Å². The number of amides is 1. The van der Waals surface area contributed by atoms with Crippen LogP contribution in [0.3, 0.4) is 0 Å². The molecule has 0 saturated carbocycles. The van der Waals surface area contributed by atoms with Crippen LogP contribution in [-0.4, -0.2) is 66.0 Å². The van der Waals surface area contributed by atoms with Gasteiger partial charge in [0.1, 0.15) is 5.82 Å². The quantitative estimate of drug-likeness (QED) is 0.521. The zero-order chi connectivity index (χ0) is 26.3. The second-order valence-corrected chi connectivity index (χ2v) is 8.50. The van der Waals surface area contributed by atoms with E-state index in [1.807, 2.05) is 0 Å². The Morgan fingerprint density at radius 3 is 2.53 bits per heavy atom. The standard InChI is InChI=1S/C21H20F6N8O/c1-11-6-20(23,24)10-35(16(11)9-30-19-28-7-12(8-29-19)21(25,26)27)18(36)15-5-13(22)3-4-14(15)17-31-33-34(2)32-17/h3-5,7-8,11,16H,6,9-10H2,1-2H3,(H,28,29,30). The molecule has 2 aromatic heterocycles. The van der Waals surface area contributed by atoms with E-state index in [9.17, 15) is 31.1 Å². The summed E-state index contributed by atoms with van der Waals surface area (Å²) in [7, 11) is 1.49. The van der Waals surface area contributed by atoms with E-state index in [0.29, 0.717) is 12.4 Å². The maximum absolute atomic E-state index is 14.5. The maximum atomic E-state index is 14.5. The smallest absolute Gasteiger partial charge is 0.352 e. The van der Waals surface area contributed by atoms with Crippen LogP contribution in [0.25, 0.3) is 11.4 Å². The van der Waals surface area contributed by atoms with Gasteiger partial charge in [-0.2, -0.15) is 18.0 Å². The third-order valence-corrected chi connectivity index (χ3v) is 5.75. The molecule has 192 valence electrons. The van der Waals surface area contributed by atoms with Crippen LogP contribution in [-0.2, 0) is 13.2 Å². The fourth-order valence-corrected chi connectivity index (χ4v) is 4.08. The number of anilines is 1. The van der Waals surface area contributed by atoms with Gasteiger partial charge in [-0.3, -0.25) is 4.79 Å². The average Bonchev–Trinajstić information content (AvgIpc) is 3.22. The van der Waals surface area contributed by atoms with Gasteiger partial charge in [0.05, 0.1) is 30.8 Å². The third kappa shape index (κ3) is 5.39. The van der Waals surface area contributed by atoms with Gasteiger partial charge in [-0.1, -0.05) is 6.92 Å². The SMILES string of the molecule is CC1CC(F)(F)CN(C(=O)c2cc(F)ccc2-c2nnn(C)n2)C1CNc1ncc(C(F)(F)F)cn1. The zero-order valence-electron chi connectivity index (χ0n) is 19.0. The van der Waals surface area contributed by atoms with Crippen LogP contribution in [0.15, 0.2) is 30.6 Å². The van der Waals surface area contributed by atoms with Gasteiger partial charge < -0.3 is 10.2 Å². The largest absolute Gasteiger partial charge is 0.419 e. The zero-order valence-corrected chi connectivity index (χ0v) is 19.0. The molecule has 1 fully saturated rings. The molecular weight excluding hydrogens is 494 g/mol. The van der Waals surface area contributed by atoms with Crippen LogP contribution in [0.1, 0.15) is 29.3 Å². The van der Waals surface area contributed by atoms with E-state index in [-0.39, 0.29) is 29.4 Å². The molecule has 9 nitrogen and oxygen atoms in total. The Morgan fingerprint density at radius 1 is 1.22 bits per heavy atom. The highest BCUT2D eigenvalue weighted by molar-refractivity contribution is 6.00. The van der Waals surface area contributed by atoms with Gasteiger partial charge in [0, 0.05) is 30.9 Å². The van der Waals surface area contributed by atoms with Crippen LogP contribution < -0.4 is 5.32 Å². The maximum Gasteiger partial charge on any atom is 0.419 e. The van der Waals surface area contributed by atoms with Gasteiger partial charge in [0.25, 0.3) is 11.8 Å². The summed E-state index contributed by atoms with van der Waals surface area (Å²) in [6.45, 7) is 0.437. The highest BCUT2D eigenvalue weighted by Crippen LogP contribution is 2.36. The third-order valence-electron chi connectivity index (χ3n) is 5.75. The van der Waals surface area contributed by atoms with Crippen molar-refractivity contribution in [2.75, 3.05) is 18.4 Å². The van der Waals surface area contributed by atoms with Gasteiger partial charge in [-0.25, -0.2) is 23.1 Å². The average molecular weight is 514 g/mol. The molecule has 1 saturated heterocycles. The molecule has 15 heteroatoms. The second-order valence-electron chi connectivity index (χ2n) is 8.50. The summed E-state index contributed by atoms with van der Waals surface area (Å²) < 4.78 is 81.4. The van der Waals surface area contributed by atoms with E-state index >= 15 is 0 Å².